The predicted octanol–water partition coefficient (Wildman–Crippen LogP) is 0.811. The molecule has 1 N–H and O–H groups in total. The lowest BCUT2D eigenvalue weighted by molar-refractivity contribution is 0.0694. The molecule has 5 rings (SSSR count). The summed E-state index contributed by atoms with van der Waals surface area (Å²) in [7, 11) is 0. The summed E-state index contributed by atoms with van der Waals surface area (Å²) in [5.41, 5.74) is 1.42. The Labute approximate surface area is 120 Å². The minimum absolute atomic E-state index is 0.0177. The van der Waals surface area contributed by atoms with Crippen LogP contribution in [0.5, 0.6) is 0 Å². The number of fused-ring (bicyclic) bond motifs is 6. The Balaban J connectivity index is 1.58. The zero-order valence-electron chi connectivity index (χ0n) is 11.7. The normalized spacial score (nSPS) is 32.7. The van der Waals surface area contributed by atoms with Gasteiger partial charge in [0.25, 0.3) is 11.5 Å². The predicted molar refractivity (Wildman–Crippen MR) is 75.1 cm³/mol. The van der Waals surface area contributed by atoms with E-state index in [-0.39, 0.29) is 11.5 Å². The number of nitrogens with zero attached hydrogens (tertiary/aromatic N) is 3. The Hall–Kier alpha value is -2.11. The van der Waals surface area contributed by atoms with E-state index in [4.69, 9.17) is 0 Å². The molecule has 2 bridgehead atoms. The van der Waals surface area contributed by atoms with Crippen LogP contribution < -0.4 is 5.56 Å². The van der Waals surface area contributed by atoms with Crippen molar-refractivity contribution in [2.75, 3.05) is 6.54 Å². The monoisotopic (exact) mass is 284 g/mol. The highest BCUT2D eigenvalue weighted by Crippen LogP contribution is 2.61. The molecule has 6 nitrogen and oxygen atoms in total. The third kappa shape index (κ3) is 1.40. The van der Waals surface area contributed by atoms with Crippen LogP contribution in [0.25, 0.3) is 5.65 Å². The summed E-state index contributed by atoms with van der Waals surface area (Å²) in [6.07, 6.45) is 4.07. The summed E-state index contributed by atoms with van der Waals surface area (Å²) in [6.45, 7) is 2.65. The molecular formula is C15H16N4O2. The largest absolute Gasteiger partial charge is 0.335 e. The van der Waals surface area contributed by atoms with Crippen molar-refractivity contribution in [2.24, 2.45) is 17.8 Å². The number of aromatic nitrogens is 3. The maximum absolute atomic E-state index is 12.8. The number of hydrogen-bond donors (Lipinski definition) is 1. The van der Waals surface area contributed by atoms with Crippen molar-refractivity contribution in [1.82, 2.24) is 19.5 Å². The lowest BCUT2D eigenvalue weighted by Gasteiger charge is -2.26. The van der Waals surface area contributed by atoms with E-state index in [0.29, 0.717) is 28.9 Å². The Morgan fingerprint density at radius 2 is 2.24 bits per heavy atom. The van der Waals surface area contributed by atoms with Gasteiger partial charge in [-0.05, 0) is 37.5 Å². The highest BCUT2D eigenvalue weighted by molar-refractivity contribution is 6.00. The van der Waals surface area contributed by atoms with Crippen molar-refractivity contribution < 1.29 is 4.79 Å². The maximum atomic E-state index is 12.8. The summed E-state index contributed by atoms with van der Waals surface area (Å²) in [5, 5.41) is 2.85. The molecule has 0 radical (unpaired) electrons. The number of aryl methyl sites for hydroxylation is 1. The number of hydrogen-bond acceptors (Lipinski definition) is 3. The highest BCUT2D eigenvalue weighted by Gasteiger charge is 2.61. The summed E-state index contributed by atoms with van der Waals surface area (Å²) in [6, 6.07) is 1.88. The van der Waals surface area contributed by atoms with E-state index < -0.39 is 0 Å². The smallest absolute Gasteiger partial charge is 0.272 e. The second kappa shape index (κ2) is 3.55. The van der Waals surface area contributed by atoms with Crippen LogP contribution in [0.4, 0.5) is 0 Å². The molecule has 3 heterocycles. The summed E-state index contributed by atoms with van der Waals surface area (Å²) in [4.78, 5) is 31.1. The number of H-pyrrole nitrogens is 1. The number of carbonyl (C=O) groups excluding carboxylic acids is 1. The van der Waals surface area contributed by atoms with Gasteiger partial charge in [-0.2, -0.15) is 0 Å². The number of rotatable bonds is 1. The molecule has 0 spiro atoms. The van der Waals surface area contributed by atoms with Crippen LogP contribution in [0.2, 0.25) is 0 Å². The minimum atomic E-state index is -0.179. The minimum Gasteiger partial charge on any atom is -0.335 e. The molecule has 21 heavy (non-hydrogen) atoms. The Kier molecular flexibility index (Phi) is 1.95. The van der Waals surface area contributed by atoms with Crippen molar-refractivity contribution >= 4 is 11.6 Å². The first-order valence-electron chi connectivity index (χ1n) is 7.52. The second-order valence-corrected chi connectivity index (χ2v) is 6.67. The SMILES string of the molecule is Cc1cc(=O)n2[nH]cc(C(=O)N3C[C@@H]4C[C@H]3[C@H]3C[C@@H]43)c2n1. The Bertz CT molecular complexity index is 836. The van der Waals surface area contributed by atoms with Gasteiger partial charge >= 0.3 is 0 Å². The Morgan fingerprint density at radius 1 is 1.38 bits per heavy atom. The van der Waals surface area contributed by atoms with Gasteiger partial charge in [-0.1, -0.05) is 0 Å². The van der Waals surface area contributed by atoms with Gasteiger partial charge in [0.1, 0.15) is 5.56 Å². The zero-order chi connectivity index (χ0) is 14.3. The molecule has 6 heteroatoms. The first-order chi connectivity index (χ1) is 10.1. The van der Waals surface area contributed by atoms with Gasteiger partial charge in [0, 0.05) is 30.5 Å². The lowest BCUT2D eigenvalue weighted by atomic mass is 10.1. The quantitative estimate of drug-likeness (QED) is 0.842. The molecular weight excluding hydrogens is 268 g/mol. The molecule has 2 aromatic heterocycles. The maximum Gasteiger partial charge on any atom is 0.272 e. The van der Waals surface area contributed by atoms with Gasteiger partial charge in [0.05, 0.1) is 0 Å². The van der Waals surface area contributed by atoms with Gasteiger partial charge < -0.3 is 4.90 Å². The van der Waals surface area contributed by atoms with Gasteiger partial charge in [-0.3, -0.25) is 14.7 Å². The van der Waals surface area contributed by atoms with E-state index in [9.17, 15) is 9.59 Å². The lowest BCUT2D eigenvalue weighted by Crippen LogP contribution is -2.39. The van der Waals surface area contributed by atoms with Crippen molar-refractivity contribution in [1.29, 1.82) is 0 Å². The number of piperidine rings is 1. The van der Waals surface area contributed by atoms with Crippen LogP contribution in [-0.2, 0) is 0 Å². The highest BCUT2D eigenvalue weighted by atomic mass is 16.2. The van der Waals surface area contributed by atoms with E-state index in [1.165, 1.54) is 17.0 Å². The average Bonchev–Trinajstić information content (AvgIpc) is 2.84. The molecule has 4 atom stereocenters. The van der Waals surface area contributed by atoms with Crippen molar-refractivity contribution in [3.63, 3.8) is 0 Å². The van der Waals surface area contributed by atoms with E-state index in [0.717, 1.165) is 24.8 Å². The first-order valence-corrected chi connectivity index (χ1v) is 7.52. The molecule has 108 valence electrons. The van der Waals surface area contributed by atoms with Crippen LogP contribution in [-0.4, -0.2) is 38.0 Å². The fraction of sp³-hybridized carbons (Fsp3) is 0.533. The molecule has 1 amide bonds. The molecule has 1 aliphatic heterocycles. The van der Waals surface area contributed by atoms with Crippen LogP contribution in [0.15, 0.2) is 17.1 Å². The molecule has 3 aliphatic rings. The number of carbonyl (C=O) groups is 1. The van der Waals surface area contributed by atoms with Crippen molar-refractivity contribution in [2.45, 2.75) is 25.8 Å². The third-order valence-corrected chi connectivity index (χ3v) is 5.48. The number of amides is 1. The van der Waals surface area contributed by atoms with Crippen molar-refractivity contribution in [3.8, 4) is 0 Å². The van der Waals surface area contributed by atoms with Gasteiger partial charge in [0.2, 0.25) is 0 Å². The fourth-order valence-corrected chi connectivity index (χ4v) is 4.48. The molecule has 2 aliphatic carbocycles. The van der Waals surface area contributed by atoms with Gasteiger partial charge in [-0.25, -0.2) is 9.50 Å². The second-order valence-electron chi connectivity index (χ2n) is 6.67. The summed E-state index contributed by atoms with van der Waals surface area (Å²) < 4.78 is 1.34. The standard InChI is InChI=1S/C15H16N4O2/c1-7-2-13(20)19-14(17-7)11(5-16-19)15(21)18-6-8-3-12(18)10-4-9(8)10/h2,5,8-10,12,16H,3-4,6H2,1H3/t8-,9-,10-,12-/m0/s1. The average molecular weight is 284 g/mol. The summed E-state index contributed by atoms with van der Waals surface area (Å²) >= 11 is 0. The van der Waals surface area contributed by atoms with E-state index in [1.807, 2.05) is 4.90 Å². The third-order valence-electron chi connectivity index (χ3n) is 5.48. The van der Waals surface area contributed by atoms with E-state index in [1.54, 1.807) is 13.1 Å². The molecule has 1 saturated heterocycles. The number of aromatic amines is 1. The zero-order valence-corrected chi connectivity index (χ0v) is 11.7. The molecule has 0 aromatic carbocycles. The topological polar surface area (TPSA) is 70.5 Å². The molecule has 3 fully saturated rings. The van der Waals surface area contributed by atoms with Gasteiger partial charge in [0.15, 0.2) is 5.65 Å². The summed E-state index contributed by atoms with van der Waals surface area (Å²) in [5.74, 6) is 2.33. The van der Waals surface area contributed by atoms with E-state index >= 15 is 0 Å². The van der Waals surface area contributed by atoms with Crippen LogP contribution >= 0.6 is 0 Å². The number of likely N-dealkylation sites (tertiary alicyclic amines) is 1. The van der Waals surface area contributed by atoms with Crippen LogP contribution in [0.3, 0.4) is 0 Å². The van der Waals surface area contributed by atoms with Crippen LogP contribution in [0.1, 0.15) is 28.9 Å². The first kappa shape index (κ1) is 11.5. The van der Waals surface area contributed by atoms with Crippen molar-refractivity contribution in [3.05, 3.63) is 33.9 Å². The molecule has 0 unspecified atom stereocenters. The molecule has 2 saturated carbocycles. The van der Waals surface area contributed by atoms with Crippen LogP contribution in [0, 0.1) is 24.7 Å². The van der Waals surface area contributed by atoms with E-state index in [2.05, 4.69) is 10.1 Å². The van der Waals surface area contributed by atoms with Gasteiger partial charge in [-0.15, -0.1) is 0 Å². The molecule has 2 aromatic rings. The fourth-order valence-electron chi connectivity index (χ4n) is 4.48. The Morgan fingerprint density at radius 3 is 3.00 bits per heavy atom. The number of nitrogens with one attached hydrogen (secondary N) is 1.